The monoisotopic (exact) mass is 422 g/mol. The normalized spacial score (nSPS) is 41.6. The van der Waals surface area contributed by atoms with Gasteiger partial charge >= 0.3 is 0 Å². The topological polar surface area (TPSA) is 64.0 Å². The predicted molar refractivity (Wildman–Crippen MR) is 117 cm³/mol. The molecule has 1 amide bonds. The van der Waals surface area contributed by atoms with Crippen molar-refractivity contribution in [3.63, 3.8) is 0 Å². The first-order valence-corrected chi connectivity index (χ1v) is 12.6. The molecule has 0 spiro atoms. The van der Waals surface area contributed by atoms with Gasteiger partial charge in [-0.3, -0.25) is 9.69 Å². The number of hydrogen-bond donors (Lipinski definition) is 2. The van der Waals surface area contributed by atoms with Gasteiger partial charge in [0.1, 0.15) is 5.75 Å². The van der Waals surface area contributed by atoms with Crippen LogP contribution in [0.3, 0.4) is 0 Å². The van der Waals surface area contributed by atoms with E-state index in [-0.39, 0.29) is 23.4 Å². The molecule has 5 nitrogen and oxygen atoms in total. The third-order valence-corrected chi connectivity index (χ3v) is 9.84. The van der Waals surface area contributed by atoms with Gasteiger partial charge in [-0.25, -0.2) is 0 Å². The summed E-state index contributed by atoms with van der Waals surface area (Å²) in [4.78, 5) is 17.8. The van der Waals surface area contributed by atoms with Gasteiger partial charge in [0.05, 0.1) is 5.60 Å². The molecule has 0 unspecified atom stereocenters. The highest BCUT2D eigenvalue weighted by Crippen LogP contribution is 2.62. The molecule has 4 aliphatic carbocycles. The van der Waals surface area contributed by atoms with Crippen LogP contribution in [0.1, 0.15) is 62.5 Å². The fraction of sp³-hybridized carbons (Fsp3) is 0.731. The molecule has 2 heterocycles. The summed E-state index contributed by atoms with van der Waals surface area (Å²) < 4.78 is 0. The second-order valence-electron chi connectivity index (χ2n) is 11.7. The Morgan fingerprint density at radius 3 is 2.58 bits per heavy atom. The van der Waals surface area contributed by atoms with Crippen LogP contribution in [0, 0.1) is 17.8 Å². The van der Waals surface area contributed by atoms with Crippen molar-refractivity contribution < 1.29 is 15.0 Å². The molecule has 5 atom stereocenters. The average molecular weight is 423 g/mol. The number of phenols is 1. The number of piperidine rings is 1. The third kappa shape index (κ3) is 2.65. The van der Waals surface area contributed by atoms with E-state index in [0.717, 1.165) is 51.2 Å². The molecule has 2 aliphatic heterocycles. The third-order valence-electron chi connectivity index (χ3n) is 9.84. The van der Waals surface area contributed by atoms with E-state index in [9.17, 15) is 15.0 Å². The number of nitrogens with zero attached hydrogens (tertiary/aromatic N) is 2. The van der Waals surface area contributed by atoms with Crippen LogP contribution in [0.4, 0.5) is 0 Å². The first-order chi connectivity index (χ1) is 15.0. The zero-order valence-corrected chi connectivity index (χ0v) is 18.3. The molecule has 2 N–H and O–H groups in total. The van der Waals surface area contributed by atoms with Crippen molar-refractivity contribution in [3.05, 3.63) is 29.3 Å². The maximum Gasteiger partial charge on any atom is 0.223 e. The smallest absolute Gasteiger partial charge is 0.223 e. The van der Waals surface area contributed by atoms with Crippen molar-refractivity contribution in [2.45, 2.75) is 80.9 Å². The fourth-order valence-electron chi connectivity index (χ4n) is 7.94. The number of carbonyl (C=O) groups is 1. The Labute approximate surface area is 184 Å². The maximum absolute atomic E-state index is 13.0. The molecular weight excluding hydrogens is 388 g/mol. The molecule has 2 bridgehead atoms. The first-order valence-electron chi connectivity index (χ1n) is 12.6. The summed E-state index contributed by atoms with van der Waals surface area (Å²) in [5, 5.41) is 23.0. The summed E-state index contributed by atoms with van der Waals surface area (Å²) >= 11 is 0. The van der Waals surface area contributed by atoms with E-state index in [0.29, 0.717) is 24.0 Å². The molecule has 0 aromatic heterocycles. The van der Waals surface area contributed by atoms with Crippen molar-refractivity contribution in [2.24, 2.45) is 17.8 Å². The van der Waals surface area contributed by atoms with E-state index in [1.165, 1.54) is 36.8 Å². The number of fused-ring (bicyclic) bond motifs is 2. The quantitative estimate of drug-likeness (QED) is 0.783. The van der Waals surface area contributed by atoms with Crippen LogP contribution in [-0.4, -0.2) is 63.2 Å². The van der Waals surface area contributed by atoms with Crippen LogP contribution in [0.5, 0.6) is 5.75 Å². The van der Waals surface area contributed by atoms with Crippen LogP contribution >= 0.6 is 0 Å². The predicted octanol–water partition coefficient (Wildman–Crippen LogP) is 2.82. The van der Waals surface area contributed by atoms with Gasteiger partial charge in [-0.1, -0.05) is 6.07 Å². The number of benzene rings is 1. The van der Waals surface area contributed by atoms with Gasteiger partial charge in [0.2, 0.25) is 5.91 Å². The van der Waals surface area contributed by atoms with Gasteiger partial charge in [-0.15, -0.1) is 0 Å². The van der Waals surface area contributed by atoms with E-state index in [2.05, 4.69) is 15.9 Å². The Morgan fingerprint density at radius 2 is 1.81 bits per heavy atom. The van der Waals surface area contributed by atoms with Gasteiger partial charge in [0.25, 0.3) is 0 Å². The summed E-state index contributed by atoms with van der Waals surface area (Å²) in [6, 6.07) is 6.22. The Hall–Kier alpha value is -1.59. The number of aliphatic hydroxyl groups is 1. The number of rotatable bonds is 4. The van der Waals surface area contributed by atoms with Crippen LogP contribution < -0.4 is 0 Å². The van der Waals surface area contributed by atoms with Gasteiger partial charge in [0, 0.05) is 37.0 Å². The van der Waals surface area contributed by atoms with Crippen molar-refractivity contribution in [1.82, 2.24) is 9.80 Å². The minimum absolute atomic E-state index is 0.132. The van der Waals surface area contributed by atoms with Gasteiger partial charge < -0.3 is 15.1 Å². The highest BCUT2D eigenvalue weighted by molar-refractivity contribution is 5.79. The molecule has 6 aliphatic rings. The average Bonchev–Trinajstić information content (AvgIpc) is 3.64. The summed E-state index contributed by atoms with van der Waals surface area (Å²) in [6.45, 7) is 3.04. The van der Waals surface area contributed by atoms with Gasteiger partial charge in [-0.2, -0.15) is 0 Å². The molecule has 31 heavy (non-hydrogen) atoms. The molecule has 166 valence electrons. The van der Waals surface area contributed by atoms with Gasteiger partial charge in [0.15, 0.2) is 0 Å². The highest BCUT2D eigenvalue weighted by atomic mass is 16.3. The molecule has 7 rings (SSSR count). The number of phenolic OH excluding ortho intramolecular Hbond substituents is 1. The van der Waals surface area contributed by atoms with Gasteiger partial charge in [-0.05, 0) is 98.9 Å². The lowest BCUT2D eigenvalue weighted by Gasteiger charge is -2.66. The minimum Gasteiger partial charge on any atom is -0.508 e. The van der Waals surface area contributed by atoms with E-state index in [1.54, 1.807) is 0 Å². The second-order valence-corrected chi connectivity index (χ2v) is 11.7. The Kier molecular flexibility index (Phi) is 3.82. The van der Waals surface area contributed by atoms with Crippen molar-refractivity contribution in [2.75, 3.05) is 19.6 Å². The number of amides is 1. The molecule has 5 heteroatoms. The van der Waals surface area contributed by atoms with Crippen LogP contribution in [0.2, 0.25) is 0 Å². The standard InChI is InChI=1S/C26H34N2O3/c29-20-6-5-18-9-23-26(31)12-19-10-24(30)28(15-17-3-4-17)22(19)13-25(26,21(18)11-20)7-8-27(23)14-16-1-2-16/h5-6,11,16-17,19,22-23,29,31H,1-4,7-10,12-15H2/t19-,22+,23-,25-,26-/m1/s1. The number of carbonyl (C=O) groups excluding carboxylic acids is 1. The largest absolute Gasteiger partial charge is 0.508 e. The lowest BCUT2D eigenvalue weighted by atomic mass is 9.47. The number of hydrogen-bond acceptors (Lipinski definition) is 4. The molecule has 2 saturated heterocycles. The molecular formula is C26H34N2O3. The molecule has 5 fully saturated rings. The fourth-order valence-corrected chi connectivity index (χ4v) is 7.94. The Morgan fingerprint density at radius 1 is 1.03 bits per heavy atom. The summed E-state index contributed by atoms with van der Waals surface area (Å²) in [6.07, 6.45) is 9.14. The maximum atomic E-state index is 13.0. The molecule has 1 aromatic carbocycles. The van der Waals surface area contributed by atoms with Crippen molar-refractivity contribution in [3.8, 4) is 5.75 Å². The summed E-state index contributed by atoms with van der Waals surface area (Å²) in [7, 11) is 0. The zero-order chi connectivity index (χ0) is 21.0. The van der Waals surface area contributed by atoms with Crippen molar-refractivity contribution >= 4 is 5.91 Å². The van der Waals surface area contributed by atoms with E-state index < -0.39 is 5.60 Å². The zero-order valence-electron chi connectivity index (χ0n) is 18.3. The highest BCUT2D eigenvalue weighted by Gasteiger charge is 2.68. The first kappa shape index (κ1) is 18.9. The number of aromatic hydroxyl groups is 1. The van der Waals surface area contributed by atoms with E-state index in [1.807, 2.05) is 12.1 Å². The Bertz CT molecular complexity index is 941. The van der Waals surface area contributed by atoms with Crippen LogP contribution in [0.15, 0.2) is 18.2 Å². The summed E-state index contributed by atoms with van der Waals surface area (Å²) in [5.74, 6) is 2.37. The lowest BCUT2D eigenvalue weighted by molar-refractivity contribution is -0.184. The second kappa shape index (κ2) is 6.26. The van der Waals surface area contributed by atoms with Crippen molar-refractivity contribution in [1.29, 1.82) is 0 Å². The molecule has 3 saturated carbocycles. The Balaban J connectivity index is 1.33. The van der Waals surface area contributed by atoms with E-state index in [4.69, 9.17) is 0 Å². The van der Waals surface area contributed by atoms with Crippen LogP contribution in [0.25, 0.3) is 0 Å². The molecule has 0 radical (unpaired) electrons. The lowest BCUT2D eigenvalue weighted by Crippen LogP contribution is -2.75. The van der Waals surface area contributed by atoms with E-state index >= 15 is 0 Å². The summed E-state index contributed by atoms with van der Waals surface area (Å²) in [5.41, 5.74) is 1.31. The number of likely N-dealkylation sites (tertiary alicyclic amines) is 2. The molecule has 1 aromatic rings. The SMILES string of the molecule is O=C1C[C@@H]2C[C@@]3(O)[C@H]4Cc5ccc(O)cc5[C@@]3(CCN4CC3CC3)C[C@@H]2N1CC1CC1. The minimum atomic E-state index is -0.808. The van der Waals surface area contributed by atoms with Crippen LogP contribution in [-0.2, 0) is 16.6 Å².